The zero-order chi connectivity index (χ0) is 16.4. The van der Waals surface area contributed by atoms with E-state index in [-0.39, 0.29) is 5.92 Å². The van der Waals surface area contributed by atoms with Crippen molar-refractivity contribution in [3.8, 4) is 0 Å². The molecule has 1 aliphatic carbocycles. The van der Waals surface area contributed by atoms with E-state index in [0.717, 1.165) is 57.9 Å². The van der Waals surface area contributed by atoms with E-state index in [1.54, 1.807) is 0 Å². The van der Waals surface area contributed by atoms with E-state index < -0.39 is 0 Å². The molecule has 0 unspecified atom stereocenters. The molecule has 3 fully saturated rings. The number of carbonyl (C=O) groups excluding carboxylic acids is 1. The molecular weight excluding hydrogens is 302 g/mol. The quantitative estimate of drug-likeness (QED) is 0.832. The summed E-state index contributed by atoms with van der Waals surface area (Å²) in [5.74, 6) is 2.01. The predicted molar refractivity (Wildman–Crippen MR) is 92.8 cm³/mol. The molecule has 3 aliphatic rings. The first kappa shape index (κ1) is 15.9. The Morgan fingerprint density at radius 3 is 2.92 bits per heavy atom. The lowest BCUT2D eigenvalue weighted by atomic mass is 9.95. The summed E-state index contributed by atoms with van der Waals surface area (Å²) in [5.41, 5.74) is 0. The van der Waals surface area contributed by atoms with Crippen molar-refractivity contribution in [2.24, 2.45) is 11.8 Å². The van der Waals surface area contributed by atoms with Gasteiger partial charge >= 0.3 is 0 Å². The summed E-state index contributed by atoms with van der Waals surface area (Å²) < 4.78 is 5.50. The highest BCUT2D eigenvalue weighted by molar-refractivity contribution is 5.80. The maximum Gasteiger partial charge on any atom is 0.227 e. The molecule has 1 aromatic rings. The first-order chi connectivity index (χ1) is 11.8. The third-order valence-electron chi connectivity index (χ3n) is 5.49. The number of pyridine rings is 1. The van der Waals surface area contributed by atoms with E-state index in [9.17, 15) is 4.79 Å². The van der Waals surface area contributed by atoms with Crippen molar-refractivity contribution in [3.63, 3.8) is 0 Å². The van der Waals surface area contributed by atoms with E-state index >= 15 is 0 Å². The van der Waals surface area contributed by atoms with Gasteiger partial charge < -0.3 is 14.5 Å². The lowest BCUT2D eigenvalue weighted by Gasteiger charge is -2.36. The van der Waals surface area contributed by atoms with Crippen molar-refractivity contribution in [2.75, 3.05) is 37.7 Å². The van der Waals surface area contributed by atoms with Crippen molar-refractivity contribution in [1.82, 2.24) is 9.88 Å². The zero-order valence-corrected chi connectivity index (χ0v) is 14.3. The summed E-state index contributed by atoms with van der Waals surface area (Å²) in [6, 6.07) is 6.49. The topological polar surface area (TPSA) is 45.7 Å². The molecule has 24 heavy (non-hydrogen) atoms. The molecule has 5 heteroatoms. The molecular formula is C19H27N3O2. The molecule has 0 radical (unpaired) electrons. The lowest BCUT2D eigenvalue weighted by Crippen LogP contribution is -2.47. The van der Waals surface area contributed by atoms with Crippen LogP contribution in [-0.2, 0) is 9.53 Å². The van der Waals surface area contributed by atoms with Crippen molar-refractivity contribution in [2.45, 2.75) is 38.1 Å². The third-order valence-corrected chi connectivity index (χ3v) is 5.49. The lowest BCUT2D eigenvalue weighted by molar-refractivity contribution is -0.137. The number of rotatable bonds is 5. The van der Waals surface area contributed by atoms with E-state index in [2.05, 4.69) is 14.8 Å². The van der Waals surface area contributed by atoms with Crippen LogP contribution in [0.4, 0.5) is 5.82 Å². The molecule has 0 N–H and O–H groups in total. The van der Waals surface area contributed by atoms with Crippen LogP contribution in [0.25, 0.3) is 0 Å². The minimum absolute atomic E-state index is 0.115. The van der Waals surface area contributed by atoms with Gasteiger partial charge in [-0.2, -0.15) is 0 Å². The fourth-order valence-corrected chi connectivity index (χ4v) is 3.97. The number of piperidine rings is 1. The van der Waals surface area contributed by atoms with Gasteiger partial charge in [0, 0.05) is 44.4 Å². The smallest absolute Gasteiger partial charge is 0.227 e. The molecule has 2 atom stereocenters. The van der Waals surface area contributed by atoms with Gasteiger partial charge in [-0.1, -0.05) is 6.07 Å². The highest BCUT2D eigenvalue weighted by atomic mass is 16.5. The van der Waals surface area contributed by atoms with E-state index in [1.807, 2.05) is 24.4 Å². The molecule has 2 saturated heterocycles. The largest absolute Gasteiger partial charge is 0.381 e. The second-order valence-electron chi connectivity index (χ2n) is 7.42. The summed E-state index contributed by atoms with van der Waals surface area (Å²) in [5, 5.41) is 0. The van der Waals surface area contributed by atoms with Crippen LogP contribution in [0.5, 0.6) is 0 Å². The Hall–Kier alpha value is -1.62. The van der Waals surface area contributed by atoms with Crippen LogP contribution >= 0.6 is 0 Å². The first-order valence-corrected chi connectivity index (χ1v) is 9.35. The summed E-state index contributed by atoms with van der Waals surface area (Å²) >= 11 is 0. The number of carbonyl (C=O) groups is 1. The summed E-state index contributed by atoms with van der Waals surface area (Å²) in [7, 11) is 0. The molecule has 0 spiro atoms. The van der Waals surface area contributed by atoms with Crippen LogP contribution in [0.15, 0.2) is 24.4 Å². The SMILES string of the molecule is O=C([C@@H]1CCCN(c2ccccn2)C1)N(C[C@H]1CCOC1)C1CC1. The van der Waals surface area contributed by atoms with Crippen molar-refractivity contribution in [1.29, 1.82) is 0 Å². The first-order valence-electron chi connectivity index (χ1n) is 9.35. The Balaban J connectivity index is 1.42. The molecule has 0 bridgehead atoms. The van der Waals surface area contributed by atoms with Gasteiger partial charge in [-0.15, -0.1) is 0 Å². The molecule has 1 amide bonds. The predicted octanol–water partition coefficient (Wildman–Crippen LogP) is 2.33. The monoisotopic (exact) mass is 329 g/mol. The Morgan fingerprint density at radius 2 is 2.21 bits per heavy atom. The number of aromatic nitrogens is 1. The summed E-state index contributed by atoms with van der Waals surface area (Å²) in [4.78, 5) is 22.1. The van der Waals surface area contributed by atoms with E-state index in [4.69, 9.17) is 4.74 Å². The molecule has 1 saturated carbocycles. The number of anilines is 1. The Bertz CT molecular complexity index is 555. The average Bonchev–Trinajstić information content (AvgIpc) is 3.36. The number of hydrogen-bond acceptors (Lipinski definition) is 4. The van der Waals surface area contributed by atoms with E-state index in [1.165, 1.54) is 12.8 Å². The zero-order valence-electron chi connectivity index (χ0n) is 14.3. The number of amides is 1. The van der Waals surface area contributed by atoms with Crippen molar-refractivity contribution in [3.05, 3.63) is 24.4 Å². The summed E-state index contributed by atoms with van der Waals surface area (Å²) in [6.45, 7) is 4.37. The molecule has 3 heterocycles. The van der Waals surface area contributed by atoms with Crippen molar-refractivity contribution < 1.29 is 9.53 Å². The van der Waals surface area contributed by atoms with Gasteiger partial charge in [0.05, 0.1) is 12.5 Å². The highest BCUT2D eigenvalue weighted by Crippen LogP contribution is 2.32. The number of ether oxygens (including phenoxy) is 1. The van der Waals surface area contributed by atoms with Gasteiger partial charge in [-0.25, -0.2) is 4.98 Å². The fourth-order valence-electron chi connectivity index (χ4n) is 3.97. The second-order valence-corrected chi connectivity index (χ2v) is 7.42. The van der Waals surface area contributed by atoms with Crippen molar-refractivity contribution >= 4 is 11.7 Å². The Morgan fingerprint density at radius 1 is 1.29 bits per heavy atom. The van der Waals surface area contributed by atoms with Crippen LogP contribution in [0, 0.1) is 11.8 Å². The molecule has 130 valence electrons. The molecule has 5 nitrogen and oxygen atoms in total. The maximum atomic E-state index is 13.2. The minimum Gasteiger partial charge on any atom is -0.381 e. The van der Waals surface area contributed by atoms with Gasteiger partial charge in [0.25, 0.3) is 0 Å². The fraction of sp³-hybridized carbons (Fsp3) is 0.684. The van der Waals surface area contributed by atoms with Crippen LogP contribution in [0.1, 0.15) is 32.1 Å². The normalized spacial score (nSPS) is 27.2. The second kappa shape index (κ2) is 7.09. The Labute approximate surface area is 144 Å². The molecule has 0 aromatic carbocycles. The van der Waals surface area contributed by atoms with Crippen LogP contribution < -0.4 is 4.90 Å². The van der Waals surface area contributed by atoms with Gasteiger partial charge in [0.1, 0.15) is 5.82 Å². The molecule has 2 aliphatic heterocycles. The maximum absolute atomic E-state index is 13.2. The third kappa shape index (κ3) is 3.56. The van der Waals surface area contributed by atoms with Crippen LogP contribution in [0.3, 0.4) is 0 Å². The van der Waals surface area contributed by atoms with Gasteiger partial charge in [-0.3, -0.25) is 4.79 Å². The van der Waals surface area contributed by atoms with Crippen LogP contribution in [0.2, 0.25) is 0 Å². The Kier molecular flexibility index (Phi) is 4.69. The standard InChI is InChI=1S/C19H27N3O2/c23-19(22(17-6-7-17)12-15-8-11-24-14-15)16-4-3-10-21(13-16)18-5-1-2-9-20-18/h1-2,5,9,15-17H,3-4,6-8,10-14H2/t15-,16-/m1/s1. The number of nitrogens with zero attached hydrogens (tertiary/aromatic N) is 3. The molecule has 1 aromatic heterocycles. The van der Waals surface area contributed by atoms with Gasteiger partial charge in [0.15, 0.2) is 0 Å². The van der Waals surface area contributed by atoms with E-state index in [0.29, 0.717) is 17.9 Å². The summed E-state index contributed by atoms with van der Waals surface area (Å²) in [6.07, 6.45) is 7.36. The van der Waals surface area contributed by atoms with Gasteiger partial charge in [0.2, 0.25) is 5.91 Å². The minimum atomic E-state index is 0.115. The van der Waals surface area contributed by atoms with Crippen LogP contribution in [-0.4, -0.2) is 54.7 Å². The molecule has 4 rings (SSSR count). The average molecular weight is 329 g/mol. The number of hydrogen-bond donors (Lipinski definition) is 0. The highest BCUT2D eigenvalue weighted by Gasteiger charge is 2.38. The van der Waals surface area contributed by atoms with Gasteiger partial charge in [-0.05, 0) is 44.2 Å².